The Kier molecular flexibility index (Phi) is 6.96. The number of pyridine rings is 1. The van der Waals surface area contributed by atoms with Crippen molar-refractivity contribution in [2.24, 2.45) is 11.1 Å². The van der Waals surface area contributed by atoms with E-state index in [9.17, 15) is 9.59 Å². The molecule has 0 saturated carbocycles. The molecule has 4 heterocycles. The molecule has 0 radical (unpaired) electrons. The standard InChI is InChI=1S/C28H36N6O2/c1-2-25(35)34-18-13-28(20-34)12-17-33(19-28)24-10-9-23(26(29)36)27(31-24)30-22-7-5-21(6-8-22)11-16-32-14-3-4-15-32/h2,5-10H,1,3-4,11-20H2,(H2,29,36)(H,30,31). The summed E-state index contributed by atoms with van der Waals surface area (Å²) in [5.74, 6) is 0.782. The Bertz CT molecular complexity index is 1130. The van der Waals surface area contributed by atoms with Crippen molar-refractivity contribution in [1.29, 1.82) is 0 Å². The van der Waals surface area contributed by atoms with Crippen molar-refractivity contribution in [2.45, 2.75) is 32.1 Å². The molecule has 3 saturated heterocycles. The van der Waals surface area contributed by atoms with Gasteiger partial charge in [-0.2, -0.15) is 0 Å². The highest BCUT2D eigenvalue weighted by molar-refractivity contribution is 5.98. The van der Waals surface area contributed by atoms with Gasteiger partial charge in [0, 0.05) is 43.8 Å². The lowest BCUT2D eigenvalue weighted by Gasteiger charge is -2.25. The molecule has 1 aromatic carbocycles. The lowest BCUT2D eigenvalue weighted by Crippen LogP contribution is -2.33. The molecule has 2 amide bonds. The van der Waals surface area contributed by atoms with Gasteiger partial charge in [0.15, 0.2) is 0 Å². The minimum Gasteiger partial charge on any atom is -0.365 e. The molecule has 8 heteroatoms. The number of hydrogen-bond acceptors (Lipinski definition) is 6. The Morgan fingerprint density at radius 2 is 1.78 bits per heavy atom. The van der Waals surface area contributed by atoms with Gasteiger partial charge in [0.25, 0.3) is 5.91 Å². The van der Waals surface area contributed by atoms with Gasteiger partial charge in [-0.05, 0) is 81.1 Å². The predicted molar refractivity (Wildman–Crippen MR) is 143 cm³/mol. The number of carbonyl (C=O) groups is 2. The second-order valence-electron chi connectivity index (χ2n) is 10.4. The van der Waals surface area contributed by atoms with Crippen LogP contribution in [0.5, 0.6) is 0 Å². The zero-order valence-electron chi connectivity index (χ0n) is 20.9. The zero-order valence-corrected chi connectivity index (χ0v) is 20.9. The molecule has 36 heavy (non-hydrogen) atoms. The lowest BCUT2D eigenvalue weighted by molar-refractivity contribution is -0.125. The van der Waals surface area contributed by atoms with E-state index in [1.54, 1.807) is 6.07 Å². The summed E-state index contributed by atoms with van der Waals surface area (Å²) >= 11 is 0. The van der Waals surface area contributed by atoms with E-state index in [0.29, 0.717) is 11.4 Å². The molecule has 3 aliphatic rings. The summed E-state index contributed by atoms with van der Waals surface area (Å²) in [6, 6.07) is 12.0. The van der Waals surface area contributed by atoms with Crippen molar-refractivity contribution < 1.29 is 9.59 Å². The smallest absolute Gasteiger partial charge is 0.252 e. The Labute approximate surface area is 213 Å². The van der Waals surface area contributed by atoms with Gasteiger partial charge in [0.2, 0.25) is 5.91 Å². The first-order valence-electron chi connectivity index (χ1n) is 13.0. The Hall–Kier alpha value is -3.39. The van der Waals surface area contributed by atoms with Gasteiger partial charge >= 0.3 is 0 Å². The molecule has 1 unspecified atom stereocenters. The summed E-state index contributed by atoms with van der Waals surface area (Å²) in [7, 11) is 0. The lowest BCUT2D eigenvalue weighted by atomic mass is 9.86. The van der Waals surface area contributed by atoms with E-state index >= 15 is 0 Å². The highest BCUT2D eigenvalue weighted by Crippen LogP contribution is 2.41. The molecule has 5 rings (SSSR count). The van der Waals surface area contributed by atoms with Crippen molar-refractivity contribution in [2.75, 3.05) is 56.0 Å². The highest BCUT2D eigenvalue weighted by Gasteiger charge is 2.44. The number of likely N-dealkylation sites (tertiary alicyclic amines) is 2. The molecule has 2 aromatic rings. The number of rotatable bonds is 8. The Morgan fingerprint density at radius 3 is 2.50 bits per heavy atom. The number of hydrogen-bond donors (Lipinski definition) is 2. The maximum absolute atomic E-state index is 12.1. The van der Waals surface area contributed by atoms with E-state index in [-0.39, 0.29) is 11.3 Å². The van der Waals surface area contributed by atoms with Crippen LogP contribution in [-0.4, -0.2) is 72.4 Å². The van der Waals surface area contributed by atoms with E-state index in [1.807, 2.05) is 23.1 Å². The normalized spacial score (nSPS) is 21.9. The van der Waals surface area contributed by atoms with E-state index < -0.39 is 5.91 Å². The number of benzene rings is 1. The second-order valence-corrected chi connectivity index (χ2v) is 10.4. The van der Waals surface area contributed by atoms with Gasteiger partial charge < -0.3 is 25.8 Å². The Balaban J connectivity index is 1.27. The van der Waals surface area contributed by atoms with Crippen LogP contribution in [0.4, 0.5) is 17.3 Å². The van der Waals surface area contributed by atoms with Crippen molar-refractivity contribution in [3.63, 3.8) is 0 Å². The van der Waals surface area contributed by atoms with Crippen LogP contribution in [0.1, 0.15) is 41.6 Å². The SMILES string of the molecule is C=CC(=O)N1CCC2(CCN(c3ccc(C(N)=O)c(Nc4ccc(CCN5CCCC5)cc4)n3)C2)C1. The fourth-order valence-corrected chi connectivity index (χ4v) is 5.82. The summed E-state index contributed by atoms with van der Waals surface area (Å²) < 4.78 is 0. The van der Waals surface area contributed by atoms with Crippen LogP contribution in [0.3, 0.4) is 0 Å². The quantitative estimate of drug-likeness (QED) is 0.555. The number of primary amides is 1. The average molecular weight is 489 g/mol. The van der Waals surface area contributed by atoms with Crippen molar-refractivity contribution in [3.05, 3.63) is 60.2 Å². The van der Waals surface area contributed by atoms with Crippen molar-refractivity contribution in [3.8, 4) is 0 Å². The third kappa shape index (κ3) is 5.23. The van der Waals surface area contributed by atoms with Crippen LogP contribution >= 0.6 is 0 Å². The number of nitrogens with one attached hydrogen (secondary N) is 1. The third-order valence-electron chi connectivity index (χ3n) is 7.97. The Morgan fingerprint density at radius 1 is 1.03 bits per heavy atom. The van der Waals surface area contributed by atoms with Gasteiger partial charge in [-0.25, -0.2) is 4.98 Å². The molecule has 0 bridgehead atoms. The number of nitrogens with two attached hydrogens (primary N) is 1. The minimum atomic E-state index is -0.508. The number of carbonyl (C=O) groups excluding carboxylic acids is 2. The zero-order chi connectivity index (χ0) is 25.1. The van der Waals surface area contributed by atoms with E-state index in [0.717, 1.165) is 63.5 Å². The molecule has 8 nitrogen and oxygen atoms in total. The molecule has 1 spiro atoms. The third-order valence-corrected chi connectivity index (χ3v) is 7.97. The number of nitrogens with zero attached hydrogens (tertiary/aromatic N) is 4. The predicted octanol–water partition coefficient (Wildman–Crippen LogP) is 3.18. The number of amides is 2. The van der Waals surface area contributed by atoms with Crippen molar-refractivity contribution in [1.82, 2.24) is 14.8 Å². The van der Waals surface area contributed by atoms with Crippen molar-refractivity contribution >= 4 is 29.1 Å². The highest BCUT2D eigenvalue weighted by atomic mass is 16.2. The van der Waals surface area contributed by atoms with Gasteiger partial charge in [0.05, 0.1) is 5.56 Å². The molecule has 1 aromatic heterocycles. The first-order valence-corrected chi connectivity index (χ1v) is 13.0. The average Bonchev–Trinajstić information content (AvgIpc) is 3.65. The monoisotopic (exact) mass is 488 g/mol. The first kappa shape index (κ1) is 24.3. The summed E-state index contributed by atoms with van der Waals surface area (Å²) in [5, 5.41) is 3.32. The second kappa shape index (κ2) is 10.3. The molecule has 3 N–H and O–H groups in total. The van der Waals surface area contributed by atoms with E-state index in [2.05, 4.69) is 33.8 Å². The van der Waals surface area contributed by atoms with Crippen LogP contribution < -0.4 is 16.0 Å². The van der Waals surface area contributed by atoms with Crippen LogP contribution in [0.2, 0.25) is 0 Å². The minimum absolute atomic E-state index is 0.00260. The van der Waals surface area contributed by atoms with E-state index in [1.165, 1.54) is 37.6 Å². The van der Waals surface area contributed by atoms with Crippen LogP contribution in [0, 0.1) is 5.41 Å². The van der Waals surface area contributed by atoms with Gasteiger partial charge in [-0.1, -0.05) is 18.7 Å². The largest absolute Gasteiger partial charge is 0.365 e. The maximum Gasteiger partial charge on any atom is 0.252 e. The van der Waals surface area contributed by atoms with Crippen LogP contribution in [0.15, 0.2) is 49.1 Å². The molecule has 190 valence electrons. The molecule has 3 aliphatic heterocycles. The van der Waals surface area contributed by atoms with E-state index in [4.69, 9.17) is 10.7 Å². The summed E-state index contributed by atoms with van der Waals surface area (Å²) in [6.45, 7) is 10.4. The molecule has 3 fully saturated rings. The van der Waals surface area contributed by atoms with Gasteiger partial charge in [0.1, 0.15) is 11.6 Å². The first-order chi connectivity index (χ1) is 17.4. The molecule has 1 atom stereocenters. The fourth-order valence-electron chi connectivity index (χ4n) is 5.82. The topological polar surface area (TPSA) is 94.8 Å². The summed E-state index contributed by atoms with van der Waals surface area (Å²) in [5.41, 5.74) is 8.29. The van der Waals surface area contributed by atoms with Gasteiger partial charge in [-0.15, -0.1) is 0 Å². The summed E-state index contributed by atoms with van der Waals surface area (Å²) in [4.78, 5) is 35.7. The fraction of sp³-hybridized carbons (Fsp3) is 0.464. The molecular weight excluding hydrogens is 452 g/mol. The molecular formula is C28H36N6O2. The van der Waals surface area contributed by atoms with Crippen LogP contribution in [0.25, 0.3) is 0 Å². The summed E-state index contributed by atoms with van der Waals surface area (Å²) in [6.07, 6.45) is 7.04. The van der Waals surface area contributed by atoms with Gasteiger partial charge in [-0.3, -0.25) is 9.59 Å². The maximum atomic E-state index is 12.1. The number of anilines is 3. The molecule has 0 aliphatic carbocycles. The van der Waals surface area contributed by atoms with Crippen LogP contribution in [-0.2, 0) is 11.2 Å². The number of aromatic nitrogens is 1.